The molecule has 8 nitrogen and oxygen atoms in total. The van der Waals surface area contributed by atoms with Crippen LogP contribution in [0.25, 0.3) is 0 Å². The largest absolute Gasteiger partial charge is 1.00 e. The normalized spacial score (nSPS) is 15.7. The van der Waals surface area contributed by atoms with Gasteiger partial charge in [0.25, 0.3) is 5.69 Å². The number of nitro benzene ring substituents is 1. The zero-order chi connectivity index (χ0) is 18.7. The molecule has 0 radical (unpaired) electrons. The molecule has 1 heterocycles. The lowest BCUT2D eigenvalue weighted by molar-refractivity contribution is -0.837. The lowest BCUT2D eigenvalue weighted by atomic mass is 10.2. The Morgan fingerprint density at radius 3 is 2.07 bits per heavy atom. The maximum atomic E-state index is 12.8. The molecule has 0 amide bonds. The summed E-state index contributed by atoms with van der Waals surface area (Å²) in [7, 11) is -2.00. The monoisotopic (exact) mass is 413 g/mol. The van der Waals surface area contributed by atoms with Crippen LogP contribution in [0.3, 0.4) is 0 Å². The average Bonchev–Trinajstić information content (AvgIpc) is 2.68. The molecule has 0 saturated carbocycles. The highest BCUT2D eigenvalue weighted by Crippen LogP contribution is 2.20. The second-order valence-corrected chi connectivity index (χ2v) is 7.93. The van der Waals surface area contributed by atoms with E-state index in [-0.39, 0.29) is 23.0 Å². The van der Waals surface area contributed by atoms with Gasteiger partial charge in [-0.05, 0) is 24.3 Å². The van der Waals surface area contributed by atoms with Gasteiger partial charge in [0.15, 0.2) is 0 Å². The number of nitrogens with zero attached hydrogens (tertiary/aromatic N) is 2. The van der Waals surface area contributed by atoms with Crippen molar-refractivity contribution in [1.29, 1.82) is 0 Å². The van der Waals surface area contributed by atoms with E-state index in [0.29, 0.717) is 31.9 Å². The van der Waals surface area contributed by atoms with Crippen molar-refractivity contribution < 1.29 is 35.4 Å². The Balaban J connectivity index is 0.00000261. The van der Waals surface area contributed by atoms with E-state index in [1.54, 1.807) is 36.4 Å². The van der Waals surface area contributed by atoms with E-state index in [9.17, 15) is 18.5 Å². The van der Waals surface area contributed by atoms with E-state index in [0.717, 1.165) is 10.6 Å². The second-order valence-electron chi connectivity index (χ2n) is 5.99. The first kappa shape index (κ1) is 21.1. The van der Waals surface area contributed by atoms with Gasteiger partial charge in [0.2, 0.25) is 10.0 Å². The highest BCUT2D eigenvalue weighted by atomic mass is 35.5. The number of nitrogens with one attached hydrogen (secondary N) is 1. The minimum Gasteiger partial charge on any atom is -1.00 e. The lowest BCUT2D eigenvalue weighted by Crippen LogP contribution is -3.10. The standard InChI is InChI=1S/C17H19N3O5S.ClH/c1-25-16-6-8-17(9-7-16)26(23,24)19-12-10-18(11-13-19)14-2-4-15(5-3-14)20(21)22;/h2-9H,10-13H2,1H3;1H. The van der Waals surface area contributed by atoms with E-state index in [4.69, 9.17) is 4.74 Å². The molecule has 10 heteroatoms. The number of benzene rings is 2. The maximum absolute atomic E-state index is 12.8. The van der Waals surface area contributed by atoms with Gasteiger partial charge in [-0.1, -0.05) is 0 Å². The predicted octanol–water partition coefficient (Wildman–Crippen LogP) is -2.17. The number of halogens is 1. The molecule has 0 unspecified atom stereocenters. The Kier molecular flexibility index (Phi) is 6.77. The third kappa shape index (κ3) is 4.56. The van der Waals surface area contributed by atoms with Gasteiger partial charge in [0.05, 0.1) is 43.1 Å². The van der Waals surface area contributed by atoms with Crippen LogP contribution in [-0.2, 0) is 10.0 Å². The van der Waals surface area contributed by atoms with Gasteiger partial charge in [-0.2, -0.15) is 4.31 Å². The van der Waals surface area contributed by atoms with Gasteiger partial charge < -0.3 is 22.0 Å². The van der Waals surface area contributed by atoms with E-state index >= 15 is 0 Å². The lowest BCUT2D eigenvalue weighted by Gasteiger charge is -2.31. The minimum atomic E-state index is -3.54. The van der Waals surface area contributed by atoms with Crippen molar-refractivity contribution in [3.05, 3.63) is 58.6 Å². The molecule has 27 heavy (non-hydrogen) atoms. The van der Waals surface area contributed by atoms with E-state index in [1.807, 2.05) is 0 Å². The topological polar surface area (TPSA) is 94.2 Å². The van der Waals surface area contributed by atoms with E-state index in [2.05, 4.69) is 0 Å². The van der Waals surface area contributed by atoms with Gasteiger partial charge in [-0.3, -0.25) is 10.1 Å². The Bertz CT molecular complexity index is 880. The van der Waals surface area contributed by atoms with Crippen LogP contribution in [0, 0.1) is 10.1 Å². The number of methoxy groups -OCH3 is 1. The summed E-state index contributed by atoms with van der Waals surface area (Å²) < 4.78 is 32.0. The molecule has 0 atom stereocenters. The van der Waals surface area contributed by atoms with Crippen LogP contribution >= 0.6 is 0 Å². The Labute approximate surface area is 164 Å². The summed E-state index contributed by atoms with van der Waals surface area (Å²) in [6.07, 6.45) is 0. The molecule has 2 aromatic carbocycles. The van der Waals surface area contributed by atoms with Crippen molar-refractivity contribution in [3.63, 3.8) is 0 Å². The summed E-state index contributed by atoms with van der Waals surface area (Å²) >= 11 is 0. The smallest absolute Gasteiger partial charge is 0.269 e. The van der Waals surface area contributed by atoms with E-state index < -0.39 is 14.9 Å². The maximum Gasteiger partial charge on any atom is 0.269 e. The SMILES string of the molecule is COc1ccc(S(=O)(=O)N2CC[NH+](c3ccc([N+](=O)[O-])cc3)CC2)cc1.[Cl-]. The molecule has 146 valence electrons. The fraction of sp³-hybridized carbons (Fsp3) is 0.294. The number of hydrogen-bond acceptors (Lipinski definition) is 5. The number of piperazine rings is 1. The first-order valence-corrected chi connectivity index (χ1v) is 9.59. The van der Waals surface area contributed by atoms with Crippen molar-refractivity contribution in [3.8, 4) is 5.75 Å². The zero-order valence-corrected chi connectivity index (χ0v) is 16.2. The van der Waals surface area contributed by atoms with Crippen molar-refractivity contribution in [2.45, 2.75) is 4.90 Å². The molecule has 1 aliphatic rings. The molecule has 0 spiro atoms. The fourth-order valence-corrected chi connectivity index (χ4v) is 4.44. The van der Waals surface area contributed by atoms with Crippen molar-refractivity contribution in [2.75, 3.05) is 33.3 Å². The van der Waals surface area contributed by atoms with Crippen molar-refractivity contribution in [2.24, 2.45) is 0 Å². The van der Waals surface area contributed by atoms with Crippen LogP contribution in [0.15, 0.2) is 53.4 Å². The van der Waals surface area contributed by atoms with Crippen LogP contribution in [0.2, 0.25) is 0 Å². The van der Waals surface area contributed by atoms with Crippen LogP contribution in [0.5, 0.6) is 5.75 Å². The molecular weight excluding hydrogens is 394 g/mol. The molecule has 0 bridgehead atoms. The Hall–Kier alpha value is -2.20. The Morgan fingerprint density at radius 2 is 1.59 bits per heavy atom. The molecular formula is C17H20ClN3O5S. The van der Waals surface area contributed by atoms with Gasteiger partial charge in [0, 0.05) is 24.3 Å². The van der Waals surface area contributed by atoms with Crippen LogP contribution < -0.4 is 22.0 Å². The molecule has 1 aliphatic heterocycles. The predicted molar refractivity (Wildman–Crippen MR) is 95.2 cm³/mol. The Morgan fingerprint density at radius 1 is 1.04 bits per heavy atom. The number of rotatable bonds is 5. The summed E-state index contributed by atoms with van der Waals surface area (Å²) in [5.41, 5.74) is 0.978. The van der Waals surface area contributed by atoms with Gasteiger partial charge in [-0.25, -0.2) is 8.42 Å². The summed E-state index contributed by atoms with van der Waals surface area (Å²) in [6.45, 7) is 1.99. The highest BCUT2D eigenvalue weighted by molar-refractivity contribution is 7.89. The number of hydrogen-bond donors (Lipinski definition) is 1. The van der Waals surface area contributed by atoms with Gasteiger partial charge >= 0.3 is 0 Å². The summed E-state index contributed by atoms with van der Waals surface area (Å²) in [5.74, 6) is 0.608. The quantitative estimate of drug-likeness (QED) is 0.444. The molecule has 0 aromatic heterocycles. The molecule has 0 aliphatic carbocycles. The fourth-order valence-electron chi connectivity index (χ4n) is 3.00. The third-order valence-electron chi connectivity index (χ3n) is 4.51. The minimum absolute atomic E-state index is 0. The number of ether oxygens (including phenoxy) is 1. The van der Waals surface area contributed by atoms with Gasteiger partial charge in [0.1, 0.15) is 11.4 Å². The third-order valence-corrected chi connectivity index (χ3v) is 6.42. The number of non-ortho nitro benzene ring substituents is 1. The van der Waals surface area contributed by atoms with Crippen LogP contribution in [0.4, 0.5) is 11.4 Å². The number of quaternary nitrogens is 1. The van der Waals surface area contributed by atoms with Crippen LogP contribution in [0.1, 0.15) is 0 Å². The number of nitro groups is 1. The van der Waals surface area contributed by atoms with E-state index in [1.165, 1.54) is 23.5 Å². The van der Waals surface area contributed by atoms with Crippen molar-refractivity contribution in [1.82, 2.24) is 4.31 Å². The molecule has 1 N–H and O–H groups in total. The number of sulfonamides is 1. The highest BCUT2D eigenvalue weighted by Gasteiger charge is 2.31. The first-order valence-electron chi connectivity index (χ1n) is 8.15. The summed E-state index contributed by atoms with van der Waals surface area (Å²) in [4.78, 5) is 11.7. The second kappa shape index (κ2) is 8.66. The molecule has 1 fully saturated rings. The average molecular weight is 414 g/mol. The molecule has 2 aromatic rings. The van der Waals surface area contributed by atoms with Crippen molar-refractivity contribution >= 4 is 21.4 Å². The molecule has 3 rings (SSSR count). The van der Waals surface area contributed by atoms with Crippen LogP contribution in [-0.4, -0.2) is 50.9 Å². The zero-order valence-electron chi connectivity index (χ0n) is 14.7. The summed E-state index contributed by atoms with van der Waals surface area (Å²) in [6, 6.07) is 12.7. The first-order chi connectivity index (χ1) is 12.4. The molecule has 1 saturated heterocycles. The van der Waals surface area contributed by atoms with Gasteiger partial charge in [-0.15, -0.1) is 0 Å². The summed E-state index contributed by atoms with van der Waals surface area (Å²) in [5, 5.41) is 10.7.